The molecule has 0 bridgehead atoms. The Morgan fingerprint density at radius 3 is 1.44 bits per heavy atom. The van der Waals surface area contributed by atoms with E-state index in [4.69, 9.17) is 0 Å². The molecule has 0 saturated carbocycles. The van der Waals surface area contributed by atoms with E-state index in [-0.39, 0.29) is 0 Å². The Hall–Kier alpha value is 0.539. The fourth-order valence-electron chi connectivity index (χ4n) is 1.80. The van der Waals surface area contributed by atoms with Crippen molar-refractivity contribution in [2.75, 3.05) is 0 Å². The third kappa shape index (κ3) is 1.73. The number of allylic oxidation sites excluding steroid dienone is 2. The van der Waals surface area contributed by atoms with E-state index in [1.807, 2.05) is 0 Å². The number of hydrogen-bond acceptors (Lipinski definition) is 0. The Morgan fingerprint density at radius 2 is 1.33 bits per heavy atom. The van der Waals surface area contributed by atoms with Gasteiger partial charge in [-0.3, -0.25) is 0 Å². The number of hydrogen-bond donors (Lipinski definition) is 0. The molecule has 0 radical (unpaired) electrons. The molecule has 0 unspecified atom stereocenters. The second-order valence-corrected chi connectivity index (χ2v) is 18.5. The van der Waals surface area contributed by atoms with Crippen LogP contribution in [0.3, 0.4) is 0 Å². The molecule has 0 aromatic carbocycles. The molecule has 1 heterocycles. The summed E-state index contributed by atoms with van der Waals surface area (Å²) in [6.45, 7) is 4.61. The van der Waals surface area contributed by atoms with Crippen LogP contribution >= 0.6 is 0 Å². The Morgan fingerprint density at radius 1 is 1.00 bits per heavy atom. The van der Waals surface area contributed by atoms with E-state index in [0.29, 0.717) is 0 Å². The van der Waals surface area contributed by atoms with Crippen molar-refractivity contribution >= 4 is 18.4 Å². The molecule has 0 amide bonds. The van der Waals surface area contributed by atoms with Gasteiger partial charge in [0.2, 0.25) is 0 Å². The van der Waals surface area contributed by atoms with Crippen LogP contribution in [0.4, 0.5) is 0 Å². The maximum absolute atomic E-state index is 2.55. The molecule has 1 aliphatic rings. The molecule has 52 valence electrons. The Labute approximate surface area is 62.2 Å². The molecular formula is C8H16Sn. The van der Waals surface area contributed by atoms with Gasteiger partial charge in [-0.1, -0.05) is 0 Å². The quantitative estimate of drug-likeness (QED) is 0.444. The predicted octanol–water partition coefficient (Wildman–Crippen LogP) is 3.04. The average molecular weight is 231 g/mol. The van der Waals surface area contributed by atoms with Gasteiger partial charge in [-0.25, -0.2) is 0 Å². The summed E-state index contributed by atoms with van der Waals surface area (Å²) < 4.78 is 3.03. The van der Waals surface area contributed by atoms with Crippen molar-refractivity contribution < 1.29 is 0 Å². The average Bonchev–Trinajstić information content (AvgIpc) is 1.79. The van der Waals surface area contributed by atoms with Crippen LogP contribution in [0, 0.1) is 0 Å². The minimum atomic E-state index is -1.41. The molecule has 0 atom stereocenters. The van der Waals surface area contributed by atoms with Gasteiger partial charge in [0.05, 0.1) is 0 Å². The van der Waals surface area contributed by atoms with E-state index in [1.165, 1.54) is 8.87 Å². The van der Waals surface area contributed by atoms with Crippen molar-refractivity contribution in [2.45, 2.75) is 32.6 Å². The zero-order valence-corrected chi connectivity index (χ0v) is 9.77. The molecule has 0 saturated heterocycles. The minimum absolute atomic E-state index is 1.41. The molecule has 0 nitrogen and oxygen atoms in total. The van der Waals surface area contributed by atoms with E-state index in [0.717, 1.165) is 0 Å². The molecule has 0 aliphatic carbocycles. The summed E-state index contributed by atoms with van der Waals surface area (Å²) in [5.74, 6) is 0. The van der Waals surface area contributed by atoms with Crippen LogP contribution in [0.15, 0.2) is 11.1 Å². The van der Waals surface area contributed by atoms with Crippen molar-refractivity contribution in [3.63, 3.8) is 0 Å². The fraction of sp³-hybridized carbons (Fsp3) is 0.750. The van der Waals surface area contributed by atoms with Gasteiger partial charge < -0.3 is 0 Å². The summed E-state index contributed by atoms with van der Waals surface area (Å²) in [4.78, 5) is 5.10. The summed E-state index contributed by atoms with van der Waals surface area (Å²) >= 11 is -1.41. The fourth-order valence-corrected chi connectivity index (χ4v) is 12.1. The second kappa shape index (κ2) is 2.30. The summed E-state index contributed by atoms with van der Waals surface area (Å²) in [5.41, 5.74) is 3.41. The molecule has 1 rings (SSSR count). The van der Waals surface area contributed by atoms with Crippen LogP contribution in [0.2, 0.25) is 18.8 Å². The van der Waals surface area contributed by atoms with Gasteiger partial charge >= 0.3 is 62.1 Å². The van der Waals surface area contributed by atoms with Crippen molar-refractivity contribution in [1.82, 2.24) is 0 Å². The summed E-state index contributed by atoms with van der Waals surface area (Å²) in [6.07, 6.45) is 0. The molecule has 1 heteroatoms. The molecule has 9 heavy (non-hydrogen) atoms. The topological polar surface area (TPSA) is 0 Å². The van der Waals surface area contributed by atoms with Crippen molar-refractivity contribution in [1.29, 1.82) is 0 Å². The van der Waals surface area contributed by atoms with Crippen molar-refractivity contribution in [2.24, 2.45) is 0 Å². The third-order valence-corrected chi connectivity index (χ3v) is 10.7. The van der Waals surface area contributed by atoms with Gasteiger partial charge in [0.25, 0.3) is 0 Å². The van der Waals surface area contributed by atoms with Crippen LogP contribution in [-0.4, -0.2) is 18.4 Å². The number of rotatable bonds is 0. The zero-order chi connectivity index (χ0) is 7.07. The van der Waals surface area contributed by atoms with Crippen LogP contribution in [0.1, 0.15) is 13.8 Å². The molecular weight excluding hydrogens is 215 g/mol. The van der Waals surface area contributed by atoms with Gasteiger partial charge in [-0.2, -0.15) is 0 Å². The van der Waals surface area contributed by atoms with E-state index in [1.54, 1.807) is 11.1 Å². The van der Waals surface area contributed by atoms with Gasteiger partial charge in [0.1, 0.15) is 0 Å². The predicted molar refractivity (Wildman–Crippen MR) is 45.5 cm³/mol. The summed E-state index contributed by atoms with van der Waals surface area (Å²) in [7, 11) is 0. The first-order chi connectivity index (χ1) is 4.01. The summed E-state index contributed by atoms with van der Waals surface area (Å²) in [5, 5.41) is 0. The van der Waals surface area contributed by atoms with Crippen LogP contribution < -0.4 is 0 Å². The van der Waals surface area contributed by atoms with Crippen molar-refractivity contribution in [3.8, 4) is 0 Å². The third-order valence-electron chi connectivity index (χ3n) is 2.22. The van der Waals surface area contributed by atoms with Crippen LogP contribution in [0.25, 0.3) is 0 Å². The van der Waals surface area contributed by atoms with E-state index in [9.17, 15) is 0 Å². The second-order valence-electron chi connectivity index (χ2n) is 4.08. The van der Waals surface area contributed by atoms with Gasteiger partial charge in [-0.15, -0.1) is 0 Å². The van der Waals surface area contributed by atoms with E-state index < -0.39 is 18.4 Å². The molecule has 0 spiro atoms. The SMILES string of the molecule is CC1=C(C)[CH2][Sn]([CH3])([CH3])[CH2]1. The maximum atomic E-state index is 2.55. The van der Waals surface area contributed by atoms with Gasteiger partial charge in [-0.05, 0) is 0 Å². The van der Waals surface area contributed by atoms with Gasteiger partial charge in [0.15, 0.2) is 0 Å². The van der Waals surface area contributed by atoms with Crippen LogP contribution in [-0.2, 0) is 0 Å². The zero-order valence-electron chi connectivity index (χ0n) is 6.91. The standard InChI is InChI=1S/C6H10.2CH3.Sn/c1-5(2)6(3)4;;;/h1,3H2,2,4H3;2*1H3;. The van der Waals surface area contributed by atoms with E-state index >= 15 is 0 Å². The first-order valence-electron chi connectivity index (χ1n) is 3.66. The van der Waals surface area contributed by atoms with Gasteiger partial charge in [0, 0.05) is 0 Å². The molecule has 1 aliphatic heterocycles. The molecule has 0 N–H and O–H groups in total. The molecule has 0 aromatic rings. The Balaban J connectivity index is 2.70. The Bertz CT molecular complexity index is 138. The molecule has 0 fully saturated rings. The monoisotopic (exact) mass is 232 g/mol. The van der Waals surface area contributed by atoms with Crippen molar-refractivity contribution in [3.05, 3.63) is 11.1 Å². The first-order valence-corrected chi connectivity index (χ1v) is 13.4. The van der Waals surface area contributed by atoms with E-state index in [2.05, 4.69) is 23.7 Å². The Kier molecular flexibility index (Phi) is 1.95. The first kappa shape index (κ1) is 7.64. The summed E-state index contributed by atoms with van der Waals surface area (Å²) in [6, 6.07) is 0. The molecule has 0 aromatic heterocycles. The van der Waals surface area contributed by atoms with Crippen LogP contribution in [0.5, 0.6) is 0 Å². The normalized spacial score (nSPS) is 25.3.